The van der Waals surface area contributed by atoms with Crippen molar-refractivity contribution in [2.75, 3.05) is 31.7 Å². The minimum absolute atomic E-state index is 0.368. The predicted octanol–water partition coefficient (Wildman–Crippen LogP) is 8.33. The molecular weight excluding hydrogens is 595 g/mol. The molecule has 0 spiro atoms. The Balaban J connectivity index is 1.46. The van der Waals surface area contributed by atoms with E-state index >= 15 is 0 Å². The second-order valence-corrected chi connectivity index (χ2v) is 11.4. The van der Waals surface area contributed by atoms with Gasteiger partial charge in [-0.3, -0.25) is 4.99 Å². The van der Waals surface area contributed by atoms with Crippen molar-refractivity contribution in [1.29, 1.82) is 0 Å². The Kier molecular flexibility index (Phi) is 7.60. The molecule has 6 rings (SSSR count). The molecule has 2 aliphatic heterocycles. The topological polar surface area (TPSA) is 34.1 Å². The average Bonchev–Trinajstić information content (AvgIpc) is 2.98. The zero-order valence-electron chi connectivity index (χ0n) is 22.4. The Morgan fingerprint density at radius 3 is 2.00 bits per heavy atom. The summed E-state index contributed by atoms with van der Waals surface area (Å²) in [7, 11) is 1.68. The van der Waals surface area contributed by atoms with E-state index in [0.717, 1.165) is 52.3 Å². The second kappa shape index (κ2) is 11.4. The van der Waals surface area contributed by atoms with Gasteiger partial charge in [0.15, 0.2) is 11.5 Å². The number of benzene rings is 4. The monoisotopic (exact) mass is 628 g/mol. The van der Waals surface area contributed by atoms with Crippen molar-refractivity contribution in [3.05, 3.63) is 116 Å². The van der Waals surface area contributed by atoms with Gasteiger partial charge in [-0.2, -0.15) is 0 Å². The molecule has 0 bridgehead atoms. The molecule has 0 saturated heterocycles. The van der Waals surface area contributed by atoms with Gasteiger partial charge in [-0.15, -0.1) is 0 Å². The van der Waals surface area contributed by atoms with Crippen molar-refractivity contribution in [2.24, 2.45) is 4.99 Å². The van der Waals surface area contributed by atoms with Crippen LogP contribution in [0, 0.1) is 3.57 Å². The maximum absolute atomic E-state index is 5.81. The lowest BCUT2D eigenvalue weighted by Crippen LogP contribution is -2.37. The lowest BCUT2D eigenvalue weighted by molar-refractivity contribution is 0.308. The van der Waals surface area contributed by atoms with Crippen molar-refractivity contribution in [3.63, 3.8) is 0 Å². The summed E-state index contributed by atoms with van der Waals surface area (Å²) < 4.78 is 12.5. The maximum atomic E-state index is 5.81. The highest BCUT2D eigenvalue weighted by molar-refractivity contribution is 14.1. The zero-order valence-corrected chi connectivity index (χ0v) is 24.6. The summed E-state index contributed by atoms with van der Waals surface area (Å²) in [6.45, 7) is 4.77. The Bertz CT molecular complexity index is 1410. The number of anilines is 1. The van der Waals surface area contributed by atoms with Gasteiger partial charge in [0, 0.05) is 36.8 Å². The number of rotatable bonds is 7. The summed E-state index contributed by atoms with van der Waals surface area (Å²) in [6.07, 6.45) is 4.19. The molecule has 0 saturated carbocycles. The number of methoxy groups -OCH3 is 1. The van der Waals surface area contributed by atoms with Crippen LogP contribution in [0.15, 0.2) is 89.9 Å². The lowest BCUT2D eigenvalue weighted by Gasteiger charge is -2.43. The molecule has 0 unspecified atom stereocenters. The highest BCUT2D eigenvalue weighted by atomic mass is 127. The molecule has 2 atom stereocenters. The molecule has 2 heterocycles. The van der Waals surface area contributed by atoms with Crippen molar-refractivity contribution in [2.45, 2.75) is 31.6 Å². The Hall–Kier alpha value is -3.32. The quantitative estimate of drug-likeness (QED) is 0.153. The fraction of sp³-hybridized carbons (Fsp3) is 0.265. The number of hydrogen-bond acceptors (Lipinski definition) is 4. The first-order chi connectivity index (χ1) is 19.2. The summed E-state index contributed by atoms with van der Waals surface area (Å²) in [6, 6.07) is 30.7. The average molecular weight is 629 g/mol. The van der Waals surface area contributed by atoms with Gasteiger partial charge >= 0.3 is 0 Å². The summed E-state index contributed by atoms with van der Waals surface area (Å²) in [5.74, 6) is 2.25. The van der Waals surface area contributed by atoms with E-state index in [4.69, 9.17) is 14.5 Å². The molecule has 4 aromatic rings. The Labute approximate surface area is 244 Å². The Morgan fingerprint density at radius 1 is 0.872 bits per heavy atom. The predicted molar refractivity (Wildman–Crippen MR) is 169 cm³/mol. The van der Waals surface area contributed by atoms with E-state index < -0.39 is 0 Å². The molecule has 0 N–H and O–H groups in total. The zero-order chi connectivity index (χ0) is 26.8. The third-order valence-corrected chi connectivity index (χ3v) is 8.70. The fourth-order valence-electron chi connectivity index (χ4n) is 6.16. The Morgan fingerprint density at radius 2 is 1.46 bits per heavy atom. The summed E-state index contributed by atoms with van der Waals surface area (Å²) in [4.78, 5) is 7.66. The number of ether oxygens (including phenoxy) is 2. The van der Waals surface area contributed by atoms with Crippen LogP contribution in [-0.4, -0.2) is 33.0 Å². The first-order valence-electron chi connectivity index (χ1n) is 13.7. The summed E-state index contributed by atoms with van der Waals surface area (Å²) in [5, 5.41) is 0. The van der Waals surface area contributed by atoms with E-state index in [1.807, 2.05) is 19.2 Å². The van der Waals surface area contributed by atoms with E-state index in [9.17, 15) is 0 Å². The third kappa shape index (κ3) is 5.17. The van der Waals surface area contributed by atoms with Crippen molar-refractivity contribution in [3.8, 4) is 11.5 Å². The van der Waals surface area contributed by atoms with Gasteiger partial charge < -0.3 is 14.4 Å². The molecule has 0 aliphatic carbocycles. The van der Waals surface area contributed by atoms with Crippen LogP contribution in [0.2, 0.25) is 0 Å². The van der Waals surface area contributed by atoms with Crippen molar-refractivity contribution in [1.82, 2.24) is 0 Å². The molecule has 0 amide bonds. The number of aliphatic imine (C=N–C) groups is 1. The highest BCUT2D eigenvalue weighted by Gasteiger charge is 2.35. The van der Waals surface area contributed by atoms with E-state index in [2.05, 4.69) is 106 Å². The van der Waals surface area contributed by atoms with E-state index in [0.29, 0.717) is 18.4 Å². The van der Waals surface area contributed by atoms with E-state index in [1.165, 1.54) is 27.9 Å². The van der Waals surface area contributed by atoms with Crippen molar-refractivity contribution >= 4 is 40.2 Å². The fourth-order valence-corrected chi connectivity index (χ4v) is 6.94. The largest absolute Gasteiger partial charge is 0.493 e. The molecule has 0 fully saturated rings. The van der Waals surface area contributed by atoms with Gasteiger partial charge in [0.1, 0.15) is 0 Å². The molecule has 198 valence electrons. The third-order valence-electron chi connectivity index (χ3n) is 7.90. The smallest absolute Gasteiger partial charge is 0.174 e. The van der Waals surface area contributed by atoms with Gasteiger partial charge in [-0.1, -0.05) is 60.7 Å². The van der Waals surface area contributed by atoms with E-state index in [-0.39, 0.29) is 0 Å². The molecule has 4 nitrogen and oxygen atoms in total. The van der Waals surface area contributed by atoms with Crippen LogP contribution >= 0.6 is 22.6 Å². The molecule has 0 aromatic heterocycles. The molecule has 39 heavy (non-hydrogen) atoms. The van der Waals surface area contributed by atoms with Crippen LogP contribution in [0.1, 0.15) is 59.4 Å². The van der Waals surface area contributed by atoms with Crippen LogP contribution in [-0.2, 0) is 0 Å². The van der Waals surface area contributed by atoms with E-state index in [1.54, 1.807) is 7.11 Å². The van der Waals surface area contributed by atoms with Crippen LogP contribution in [0.5, 0.6) is 11.5 Å². The first kappa shape index (κ1) is 25.9. The van der Waals surface area contributed by atoms with Gasteiger partial charge in [0.25, 0.3) is 0 Å². The molecule has 0 radical (unpaired) electrons. The summed E-state index contributed by atoms with van der Waals surface area (Å²) in [5.41, 5.74) is 8.98. The number of hydrogen-bond donors (Lipinski definition) is 0. The molecule has 2 aliphatic rings. The van der Waals surface area contributed by atoms with Gasteiger partial charge in [0.05, 0.1) is 23.0 Å². The lowest BCUT2D eigenvalue weighted by atomic mass is 9.76. The van der Waals surface area contributed by atoms with Crippen LogP contribution in [0.25, 0.3) is 0 Å². The highest BCUT2D eigenvalue weighted by Crippen LogP contribution is 2.50. The van der Waals surface area contributed by atoms with Crippen LogP contribution < -0.4 is 14.4 Å². The number of halogens is 1. The number of nitrogens with zero attached hydrogens (tertiary/aromatic N) is 2. The SMILES string of the molecule is CCOc1c(I)cc(C=Nc2cc3c4c(c2)[C@H](c2ccccc2)CCN4CC[C@H]3c2ccccc2)cc1OC. The molecular formula is C34H33IN2O2. The van der Waals surface area contributed by atoms with Gasteiger partial charge in [-0.25, -0.2) is 0 Å². The minimum Gasteiger partial charge on any atom is -0.493 e. The standard InChI is InChI=1S/C34H33IN2O2/c1-3-39-34-31(35)18-23(19-32(34)38-2)22-36-26-20-29-27(24-10-6-4-7-11-24)14-16-37-17-15-28(30(21-26)33(29)37)25-12-8-5-9-13-25/h4-13,18-22,27-28H,3,14-17H2,1-2H3/t27-,28-/m0/s1. The van der Waals surface area contributed by atoms with Crippen LogP contribution in [0.4, 0.5) is 11.4 Å². The normalized spacial score (nSPS) is 18.2. The van der Waals surface area contributed by atoms with Crippen molar-refractivity contribution < 1.29 is 9.47 Å². The van der Waals surface area contributed by atoms with Gasteiger partial charge in [-0.05, 0) is 94.4 Å². The molecule has 4 aromatic carbocycles. The second-order valence-electron chi connectivity index (χ2n) is 10.2. The summed E-state index contributed by atoms with van der Waals surface area (Å²) >= 11 is 2.31. The molecule has 5 heteroatoms. The van der Waals surface area contributed by atoms with Gasteiger partial charge in [0.2, 0.25) is 0 Å². The first-order valence-corrected chi connectivity index (χ1v) is 14.8. The maximum Gasteiger partial charge on any atom is 0.174 e. The minimum atomic E-state index is 0.368. The van der Waals surface area contributed by atoms with Crippen LogP contribution in [0.3, 0.4) is 0 Å².